The predicted octanol–water partition coefficient (Wildman–Crippen LogP) is 14.4. The first-order valence-electron chi connectivity index (χ1n) is 45.5. The minimum Gasteiger partial charge on any atom is -0.481 e. The predicted molar refractivity (Wildman–Crippen MR) is 475 cm³/mol. The van der Waals surface area contributed by atoms with Gasteiger partial charge in [-0.15, -0.1) is 0 Å². The van der Waals surface area contributed by atoms with Gasteiger partial charge in [0.2, 0.25) is 35.4 Å². The van der Waals surface area contributed by atoms with Crippen molar-refractivity contribution >= 4 is 59.3 Å². The number of carbonyl (C=O) groups is 10. The highest BCUT2D eigenvalue weighted by Crippen LogP contribution is 2.56. The monoisotopic (exact) mass is 1700 g/mol. The van der Waals surface area contributed by atoms with Crippen molar-refractivity contribution in [2.24, 2.45) is 103 Å². The van der Waals surface area contributed by atoms with Gasteiger partial charge in [-0.3, -0.25) is 62.6 Å². The van der Waals surface area contributed by atoms with Crippen LogP contribution in [0.3, 0.4) is 0 Å². The number of unbranched alkanes of at least 4 members (excludes halogenated alkanes) is 18. The molecule has 4 aliphatic rings. The zero-order chi connectivity index (χ0) is 91.6. The summed E-state index contributed by atoms with van der Waals surface area (Å²) >= 11 is 0. The van der Waals surface area contributed by atoms with Gasteiger partial charge in [0.1, 0.15) is 0 Å². The molecule has 0 aromatic carbocycles. The minimum absolute atomic E-state index is 0.0232. The highest BCUT2D eigenvalue weighted by molar-refractivity contribution is 6.08. The van der Waals surface area contributed by atoms with Crippen LogP contribution in [0, 0.1) is 86.3 Å². The Balaban J connectivity index is 0. The summed E-state index contributed by atoms with van der Waals surface area (Å²) in [6.45, 7) is 44.6. The maximum absolute atomic E-state index is 15.1. The number of hydrogen-bond acceptors (Lipinski definition) is 22. The number of likely N-dealkylation sites (N-methyl/N-ethyl adjacent to an activating group) is 1. The Hall–Kier alpha value is -4.90. The van der Waals surface area contributed by atoms with E-state index in [0.29, 0.717) is 58.8 Å². The first-order valence-corrected chi connectivity index (χ1v) is 45.5. The Labute approximate surface area is 722 Å². The van der Waals surface area contributed by atoms with Crippen molar-refractivity contribution < 1.29 is 86.6 Å². The second-order valence-electron chi connectivity index (χ2n) is 38.9. The molecule has 0 saturated carbocycles. The molecule has 26 heteroatoms. The number of ether oxygens (including phenoxy) is 6. The van der Waals surface area contributed by atoms with Gasteiger partial charge in [0.25, 0.3) is 0 Å². The normalized spacial score (nSPS) is 20.8. The lowest BCUT2D eigenvalue weighted by Crippen LogP contribution is -2.44. The second kappa shape index (κ2) is 61.4. The first-order chi connectivity index (χ1) is 55.6. The smallest absolute Gasteiger partial charge is 0.317 e. The molecule has 4 aliphatic heterocycles. The van der Waals surface area contributed by atoms with Gasteiger partial charge >= 0.3 is 23.9 Å². The number of carbonyl (C=O) groups excluding carboxylic acids is 9. The molecule has 4 rings (SSSR count). The molecule has 12 atom stereocenters. The lowest BCUT2D eigenvalue weighted by atomic mass is 9.59. The Bertz CT molecular complexity index is 2850. The molecule has 26 nitrogen and oxygen atoms in total. The lowest BCUT2D eigenvalue weighted by molar-refractivity contribution is -0.158. The third kappa shape index (κ3) is 45.0. The summed E-state index contributed by atoms with van der Waals surface area (Å²) in [5.74, 6) is -13.0. The molecule has 4 saturated heterocycles. The summed E-state index contributed by atoms with van der Waals surface area (Å²) < 4.78 is 30.6. The fraction of sp³-hybridized carbons (Fsp3) is 0.892. The summed E-state index contributed by atoms with van der Waals surface area (Å²) in [4.78, 5) is 146. The van der Waals surface area contributed by atoms with Crippen molar-refractivity contribution in [1.29, 1.82) is 0 Å². The fourth-order valence-electron chi connectivity index (χ4n) is 16.7. The van der Waals surface area contributed by atoms with Crippen LogP contribution in [0.2, 0.25) is 0 Å². The number of rotatable bonds is 53. The topological polar surface area (TPSA) is 361 Å². The van der Waals surface area contributed by atoms with E-state index in [1.165, 1.54) is 118 Å². The minimum atomic E-state index is -1.23. The van der Waals surface area contributed by atoms with Crippen molar-refractivity contribution in [1.82, 2.24) is 24.5 Å². The average molecular weight is 1700 g/mol. The Morgan fingerprint density at radius 2 is 0.857 bits per heavy atom. The van der Waals surface area contributed by atoms with E-state index in [1.807, 2.05) is 74.4 Å². The summed E-state index contributed by atoms with van der Waals surface area (Å²) in [6.07, 6.45) is 26.9. The number of hydrogen-bond donors (Lipinski definition) is 5. The summed E-state index contributed by atoms with van der Waals surface area (Å²) in [5, 5.41) is 18.1. The molecule has 8 N–H and O–H groups in total. The largest absolute Gasteiger partial charge is 0.481 e. The van der Waals surface area contributed by atoms with E-state index in [9.17, 15) is 38.7 Å². The highest BCUT2D eigenvalue weighted by atomic mass is 16.6. The van der Waals surface area contributed by atoms with Crippen molar-refractivity contribution in [3.63, 3.8) is 0 Å². The van der Waals surface area contributed by atoms with Gasteiger partial charge in [-0.25, -0.2) is 0 Å². The molecule has 12 unspecified atom stereocenters. The van der Waals surface area contributed by atoms with Crippen molar-refractivity contribution in [3.05, 3.63) is 0 Å². The van der Waals surface area contributed by atoms with Crippen LogP contribution < -0.4 is 17.2 Å². The number of likely N-dealkylation sites (tertiary alicyclic amines) is 3. The van der Waals surface area contributed by atoms with Crippen LogP contribution in [-0.4, -0.2) is 241 Å². The zero-order valence-corrected chi connectivity index (χ0v) is 80.1. The third-order valence-electron chi connectivity index (χ3n) is 22.9. The maximum Gasteiger partial charge on any atom is 0.317 e. The summed E-state index contributed by atoms with van der Waals surface area (Å²) in [5.41, 5.74) is 12.6. The number of carboxylic acid groups (broad SMARTS) is 1. The number of aliphatic carboxylic acids is 1. The van der Waals surface area contributed by atoms with Crippen molar-refractivity contribution in [2.45, 2.75) is 317 Å². The molecule has 0 aromatic rings. The number of esters is 3. The van der Waals surface area contributed by atoms with Gasteiger partial charge in [0, 0.05) is 46.5 Å². The molecule has 0 radical (unpaired) electrons. The van der Waals surface area contributed by atoms with Crippen LogP contribution in [-0.2, 0) is 76.4 Å². The number of nitrogens with zero attached hydrogens (tertiary/aromatic N) is 5. The van der Waals surface area contributed by atoms with Crippen LogP contribution in [0.15, 0.2) is 0 Å². The third-order valence-corrected chi connectivity index (χ3v) is 22.9. The number of cyclic esters (lactones) is 2. The number of methoxy groups -OCH3 is 2. The molecule has 0 bridgehead atoms. The average Bonchev–Trinajstić information content (AvgIpc) is 1.59. The molecule has 6 amide bonds. The van der Waals surface area contributed by atoms with E-state index in [1.54, 1.807) is 55.8 Å². The Kier molecular flexibility index (Phi) is 60.0. The van der Waals surface area contributed by atoms with Crippen LogP contribution in [0.5, 0.6) is 0 Å². The van der Waals surface area contributed by atoms with Gasteiger partial charge in [0.05, 0.1) is 111 Å². The van der Waals surface area contributed by atoms with E-state index in [0.717, 1.165) is 51.7 Å². The lowest BCUT2D eigenvalue weighted by Gasteiger charge is -2.42. The molecular weight excluding hydrogens is 1520 g/mol. The molecule has 0 spiro atoms. The number of carboxylic acids is 1. The van der Waals surface area contributed by atoms with Crippen LogP contribution >= 0.6 is 0 Å². The summed E-state index contributed by atoms with van der Waals surface area (Å²) in [6, 6.07) is -0.437. The van der Waals surface area contributed by atoms with Crippen LogP contribution in [0.25, 0.3) is 0 Å². The molecule has 119 heavy (non-hydrogen) atoms. The number of aliphatic hydroxyl groups is 1. The second-order valence-corrected chi connectivity index (χ2v) is 38.9. The summed E-state index contributed by atoms with van der Waals surface area (Å²) in [7, 11) is 11.0. The van der Waals surface area contributed by atoms with E-state index in [4.69, 9.17) is 46.0 Å². The number of imide groups is 3. The van der Waals surface area contributed by atoms with E-state index < -0.39 is 93.4 Å². The van der Waals surface area contributed by atoms with Gasteiger partial charge in [-0.2, -0.15) is 0 Å². The fourth-order valence-corrected chi connectivity index (χ4v) is 16.7. The van der Waals surface area contributed by atoms with Crippen molar-refractivity contribution in [2.75, 3.05) is 135 Å². The Morgan fingerprint density at radius 1 is 0.479 bits per heavy atom. The maximum atomic E-state index is 15.1. The Morgan fingerprint density at radius 3 is 1.22 bits per heavy atom. The molecule has 698 valence electrons. The molecule has 0 aliphatic carbocycles. The van der Waals surface area contributed by atoms with E-state index in [-0.39, 0.29) is 116 Å². The van der Waals surface area contributed by atoms with Crippen LogP contribution in [0.4, 0.5) is 0 Å². The standard InChI is InChI=1S/C58H100N4O12.C12H27N.C10H16O3.C6H15NO2.C5H14N2.C2H6O/c1-17-19-20-21-22-23-24-25-26-27-28-60-47(63)42(44(50(60)66)56(8,9)34-40(53(69)70)39(4)54(71)74-18-2)35-57(10,11)45-43(48(64)61(51(45)67)30-29-59(14)15)36-58(12,13)46-41(33-55(5,6)7)49(65)62(52(46)68)38(3)37-73-32-31-72-16;1-2-3-4-5-6-7-8-9-10-11-12-13;1-6-7(5-10(2,3)4)9(12)13-8(6)11;1-6(7)5-9-4-3-8-2;1-7(2)5-3-4-6;1-2-3/h38-46H,17-37H2,1-16H3,(H,69,70);2-13H2,1H3;6-7H,5H2,1-4H3;6H,3-5,7H2,1-2H3;3-6H2,1-2H3;3H,2H2,1H3. The SMILES string of the molecule is CC1C(=O)OC(=O)C1CC(C)(C)C.CCCCCCCCCCCCN.CCCCCCCCCCCCN1C(=O)C(CC(C)(C)C2C(=O)N(CCN(C)C)C(=O)C2CC(C)(C)C2C(=O)N(C(C)COCCOC)C(=O)C2CC(C)(C)C)C(C(C)(C)CC(C(=O)O)C(C)C(=O)OCC)C1=O.CCO.CN(C)CCCN.COCCOCC(C)N. The first kappa shape index (κ1) is 116. The molecular formula is C93H178N8O18. The van der Waals surface area contributed by atoms with Gasteiger partial charge < -0.3 is 65.6 Å². The molecule has 0 aromatic heterocycles. The van der Waals surface area contributed by atoms with Gasteiger partial charge in [0.15, 0.2) is 0 Å². The number of amides is 6. The number of aliphatic hydroxyl groups excluding tert-OH is 1. The molecule has 4 fully saturated rings. The molecule has 4 heterocycles. The van der Waals surface area contributed by atoms with E-state index >= 15 is 14.4 Å². The van der Waals surface area contributed by atoms with Crippen LogP contribution in [0.1, 0.15) is 305 Å². The highest BCUT2D eigenvalue weighted by Gasteiger charge is 2.63. The van der Waals surface area contributed by atoms with Crippen molar-refractivity contribution in [3.8, 4) is 0 Å². The zero-order valence-electron chi connectivity index (χ0n) is 80.1. The van der Waals surface area contributed by atoms with E-state index in [2.05, 4.69) is 58.4 Å². The quantitative estimate of drug-likeness (QED) is 0.0163. The van der Waals surface area contributed by atoms with Gasteiger partial charge in [-0.1, -0.05) is 226 Å². The number of nitrogens with two attached hydrogens (primary N) is 3. The van der Waals surface area contributed by atoms with Gasteiger partial charge in [-0.05, 0) is 154 Å².